The van der Waals surface area contributed by atoms with Crippen LogP contribution < -0.4 is 4.72 Å². The molecule has 0 spiro atoms. The molecule has 1 N–H and O–H groups in total. The van der Waals surface area contributed by atoms with Crippen molar-refractivity contribution in [2.75, 3.05) is 30.9 Å². The van der Waals surface area contributed by atoms with Crippen LogP contribution in [0.1, 0.15) is 27.9 Å². The second-order valence-corrected chi connectivity index (χ2v) is 10.1. The second kappa shape index (κ2) is 11.4. The number of carbonyl (C=O) groups excluding carboxylic acids is 1. The molecule has 0 bridgehead atoms. The minimum absolute atomic E-state index is 0.0150. The Kier molecular flexibility index (Phi) is 7.85. The maximum atomic E-state index is 13.2. The van der Waals surface area contributed by atoms with E-state index in [0.29, 0.717) is 31.7 Å². The van der Waals surface area contributed by atoms with E-state index in [1.54, 1.807) is 6.20 Å². The summed E-state index contributed by atoms with van der Waals surface area (Å²) in [5.74, 6) is -0.0150. The van der Waals surface area contributed by atoms with Crippen molar-refractivity contribution in [1.82, 2.24) is 14.8 Å². The van der Waals surface area contributed by atoms with Crippen LogP contribution in [0.3, 0.4) is 0 Å². The molecule has 5 nitrogen and oxygen atoms in total. The average molecular weight is 537 g/mol. The van der Waals surface area contributed by atoms with Gasteiger partial charge in [0.15, 0.2) is 0 Å². The molecule has 0 unspecified atom stereocenters. The highest BCUT2D eigenvalue weighted by Gasteiger charge is 2.30. The zero-order valence-corrected chi connectivity index (χ0v) is 21.4. The molecule has 4 aromatic rings. The Morgan fingerprint density at radius 3 is 2.42 bits per heavy atom. The monoisotopic (exact) mass is 536 g/mol. The van der Waals surface area contributed by atoms with Gasteiger partial charge in [0.05, 0.1) is 16.0 Å². The van der Waals surface area contributed by atoms with Crippen molar-refractivity contribution in [3.8, 4) is 0 Å². The molecule has 3 aromatic carbocycles. The Bertz CT molecular complexity index is 1390. The number of anilines is 1. The molecule has 1 amide bonds. The van der Waals surface area contributed by atoms with Gasteiger partial charge < -0.3 is 9.62 Å². The highest BCUT2D eigenvalue weighted by atomic mass is 32.2. The number of hydrogen-bond donors (Lipinski definition) is 1. The van der Waals surface area contributed by atoms with Crippen LogP contribution in [0.25, 0.3) is 10.9 Å². The second-order valence-electron chi connectivity index (χ2n) is 9.23. The van der Waals surface area contributed by atoms with Gasteiger partial charge in [-0.2, -0.15) is 13.2 Å². The van der Waals surface area contributed by atoms with Crippen LogP contribution in [0.4, 0.5) is 18.9 Å². The summed E-state index contributed by atoms with van der Waals surface area (Å²) in [5.41, 5.74) is 2.65. The summed E-state index contributed by atoms with van der Waals surface area (Å²) in [6.45, 7) is 3.23. The van der Waals surface area contributed by atoms with E-state index in [1.807, 2.05) is 59.5 Å². The van der Waals surface area contributed by atoms with Crippen molar-refractivity contribution in [2.24, 2.45) is 0 Å². The van der Waals surface area contributed by atoms with Gasteiger partial charge in [0.25, 0.3) is 5.91 Å². The number of nitrogens with zero attached hydrogens (tertiary/aromatic N) is 3. The van der Waals surface area contributed by atoms with Crippen molar-refractivity contribution in [1.29, 1.82) is 0 Å². The van der Waals surface area contributed by atoms with Crippen LogP contribution in [0.15, 0.2) is 90.0 Å². The van der Waals surface area contributed by atoms with Gasteiger partial charge in [-0.15, -0.1) is 0 Å². The number of aromatic nitrogens is 1. The molecule has 5 rings (SSSR count). The van der Waals surface area contributed by atoms with E-state index in [2.05, 4.69) is 14.6 Å². The summed E-state index contributed by atoms with van der Waals surface area (Å²) in [6, 6.07) is 22.8. The molecule has 2 heterocycles. The molecule has 1 aromatic heterocycles. The number of halogens is 3. The lowest BCUT2D eigenvalue weighted by Gasteiger charge is -2.22. The van der Waals surface area contributed by atoms with Gasteiger partial charge in [0.1, 0.15) is 0 Å². The fourth-order valence-electron chi connectivity index (χ4n) is 4.53. The number of rotatable bonds is 6. The maximum absolute atomic E-state index is 13.2. The molecular formula is C29H27F3N4OS. The fourth-order valence-corrected chi connectivity index (χ4v) is 5.30. The lowest BCUT2D eigenvalue weighted by atomic mass is 10.1. The van der Waals surface area contributed by atoms with E-state index in [9.17, 15) is 18.0 Å². The SMILES string of the molecule is O=C(c1ccc(NSc2cccc3cccnc23)cc1)N1CCCN(Cc2ccc(C(F)(F)F)cc2)CC1. The van der Waals surface area contributed by atoms with E-state index in [0.717, 1.165) is 52.1 Å². The van der Waals surface area contributed by atoms with Gasteiger partial charge >= 0.3 is 6.18 Å². The van der Waals surface area contributed by atoms with Crippen LogP contribution in [-0.2, 0) is 12.7 Å². The Morgan fingerprint density at radius 1 is 0.895 bits per heavy atom. The molecule has 0 radical (unpaired) electrons. The van der Waals surface area contributed by atoms with E-state index in [1.165, 1.54) is 24.1 Å². The Balaban J connectivity index is 1.15. The van der Waals surface area contributed by atoms with E-state index < -0.39 is 11.7 Å². The molecule has 0 atom stereocenters. The van der Waals surface area contributed by atoms with E-state index in [4.69, 9.17) is 0 Å². The predicted octanol–water partition coefficient (Wildman–Crippen LogP) is 6.72. The number of pyridine rings is 1. The Hall–Kier alpha value is -3.56. The van der Waals surface area contributed by atoms with Crippen LogP contribution in [0.5, 0.6) is 0 Å². The first-order valence-corrected chi connectivity index (χ1v) is 13.2. The first-order valence-electron chi connectivity index (χ1n) is 12.4. The largest absolute Gasteiger partial charge is 0.416 e. The molecule has 1 aliphatic heterocycles. The molecule has 1 saturated heterocycles. The Morgan fingerprint density at radius 2 is 1.66 bits per heavy atom. The summed E-state index contributed by atoms with van der Waals surface area (Å²) in [4.78, 5) is 22.7. The summed E-state index contributed by atoms with van der Waals surface area (Å²) < 4.78 is 41.8. The quantitative estimate of drug-likeness (QED) is 0.277. The highest BCUT2D eigenvalue weighted by molar-refractivity contribution is 8.00. The molecule has 9 heteroatoms. The molecule has 196 valence electrons. The third-order valence-corrected chi connectivity index (χ3v) is 7.46. The summed E-state index contributed by atoms with van der Waals surface area (Å²) in [6.07, 6.45) is -1.74. The fraction of sp³-hybridized carbons (Fsp3) is 0.241. The lowest BCUT2D eigenvalue weighted by Crippen LogP contribution is -2.35. The number of benzene rings is 3. The summed E-state index contributed by atoms with van der Waals surface area (Å²) in [7, 11) is 0. The van der Waals surface area contributed by atoms with Gasteiger partial charge in [-0.3, -0.25) is 14.7 Å². The van der Waals surface area contributed by atoms with Crippen molar-refractivity contribution in [2.45, 2.75) is 24.0 Å². The third kappa shape index (κ3) is 6.28. The summed E-state index contributed by atoms with van der Waals surface area (Å²) >= 11 is 1.48. The molecule has 38 heavy (non-hydrogen) atoms. The topological polar surface area (TPSA) is 48.5 Å². The standard InChI is InChI=1S/C29H27F3N4OS/c30-29(31,32)24-11-7-21(8-12-24)20-35-16-3-17-36(19-18-35)28(37)23-9-13-25(14-10-23)34-38-26-6-1-4-22-5-2-15-33-27(22)26/h1-2,4-15,34H,3,16-20H2. The van der Waals surface area contributed by atoms with Crippen LogP contribution >= 0.6 is 11.9 Å². The lowest BCUT2D eigenvalue weighted by molar-refractivity contribution is -0.137. The Labute approximate surface area is 223 Å². The van der Waals surface area contributed by atoms with Gasteiger partial charge in [-0.25, -0.2) is 0 Å². The van der Waals surface area contributed by atoms with Crippen LogP contribution in [-0.4, -0.2) is 46.9 Å². The zero-order valence-electron chi connectivity index (χ0n) is 20.6. The molecule has 0 aliphatic carbocycles. The third-order valence-electron chi connectivity index (χ3n) is 6.57. The van der Waals surface area contributed by atoms with E-state index >= 15 is 0 Å². The van der Waals surface area contributed by atoms with Crippen molar-refractivity contribution < 1.29 is 18.0 Å². The maximum Gasteiger partial charge on any atom is 0.416 e. The highest BCUT2D eigenvalue weighted by Crippen LogP contribution is 2.30. The van der Waals surface area contributed by atoms with E-state index in [-0.39, 0.29) is 5.91 Å². The number of para-hydroxylation sites is 1. The number of carbonyl (C=O) groups is 1. The van der Waals surface area contributed by atoms with Crippen molar-refractivity contribution >= 4 is 34.4 Å². The minimum Gasteiger partial charge on any atom is -0.337 e. The number of alkyl halides is 3. The number of hydrogen-bond acceptors (Lipinski definition) is 5. The molecule has 1 aliphatic rings. The first-order chi connectivity index (χ1) is 18.4. The number of amides is 1. The molecular weight excluding hydrogens is 509 g/mol. The first kappa shape index (κ1) is 26.1. The van der Waals surface area contributed by atoms with Gasteiger partial charge in [0, 0.05) is 55.6 Å². The zero-order chi connectivity index (χ0) is 26.5. The van der Waals surface area contributed by atoms with Crippen molar-refractivity contribution in [3.63, 3.8) is 0 Å². The molecule has 0 saturated carbocycles. The molecule has 1 fully saturated rings. The van der Waals surface area contributed by atoms with Gasteiger partial charge in [-0.1, -0.05) is 30.3 Å². The van der Waals surface area contributed by atoms with Crippen molar-refractivity contribution in [3.05, 3.63) is 102 Å². The van der Waals surface area contributed by atoms with Gasteiger partial charge in [0.2, 0.25) is 0 Å². The van der Waals surface area contributed by atoms with Crippen LogP contribution in [0, 0.1) is 0 Å². The summed E-state index contributed by atoms with van der Waals surface area (Å²) in [5, 5.41) is 1.08. The number of fused-ring (bicyclic) bond motifs is 1. The predicted molar refractivity (Wildman–Crippen MR) is 145 cm³/mol. The number of nitrogens with one attached hydrogen (secondary N) is 1. The average Bonchev–Trinajstić information content (AvgIpc) is 3.17. The normalized spacial score (nSPS) is 14.9. The smallest absolute Gasteiger partial charge is 0.337 e. The van der Waals surface area contributed by atoms with Crippen LogP contribution in [0.2, 0.25) is 0 Å². The van der Waals surface area contributed by atoms with Gasteiger partial charge in [-0.05, 0) is 72.5 Å². The minimum atomic E-state index is -4.33.